The average Bonchev–Trinajstić information content (AvgIpc) is 2.46. The number of hydrogen-bond donors (Lipinski definition) is 1. The molecule has 4 heteroatoms. The lowest BCUT2D eigenvalue weighted by atomic mass is 10.1. The highest BCUT2D eigenvalue weighted by Crippen LogP contribution is 2.19. The first-order chi connectivity index (χ1) is 9.60. The standard InChI is InChI=1S/C16H14ClFN2/c1-11(13-4-6-15(18)7-5-13)20-10-14-3-2-12(9-19)8-16(14)17/h2-8,11,20H,10H2,1H3. The molecule has 20 heavy (non-hydrogen) atoms. The molecule has 1 unspecified atom stereocenters. The molecule has 1 N–H and O–H groups in total. The maximum atomic E-state index is 12.9. The van der Waals surface area contributed by atoms with Gasteiger partial charge in [0.2, 0.25) is 0 Å². The number of nitrogens with one attached hydrogen (secondary N) is 1. The predicted molar refractivity (Wildman–Crippen MR) is 77.8 cm³/mol. The van der Waals surface area contributed by atoms with Crippen molar-refractivity contribution in [1.82, 2.24) is 5.32 Å². The number of hydrogen-bond acceptors (Lipinski definition) is 2. The van der Waals surface area contributed by atoms with Gasteiger partial charge in [0.1, 0.15) is 5.82 Å². The number of nitrogens with zero attached hydrogens (tertiary/aromatic N) is 1. The molecule has 102 valence electrons. The van der Waals surface area contributed by atoms with Crippen LogP contribution in [0.25, 0.3) is 0 Å². The van der Waals surface area contributed by atoms with Crippen molar-refractivity contribution in [2.75, 3.05) is 0 Å². The van der Waals surface area contributed by atoms with Crippen molar-refractivity contribution in [3.05, 3.63) is 70.0 Å². The molecule has 1 atom stereocenters. The van der Waals surface area contributed by atoms with E-state index in [1.807, 2.05) is 13.0 Å². The van der Waals surface area contributed by atoms with Crippen molar-refractivity contribution >= 4 is 11.6 Å². The van der Waals surface area contributed by atoms with Crippen LogP contribution in [-0.2, 0) is 6.54 Å². The quantitative estimate of drug-likeness (QED) is 0.915. The van der Waals surface area contributed by atoms with Crippen LogP contribution in [0.5, 0.6) is 0 Å². The molecular weight excluding hydrogens is 275 g/mol. The lowest BCUT2D eigenvalue weighted by Crippen LogP contribution is -2.18. The third-order valence-electron chi connectivity index (χ3n) is 3.15. The second-order valence-corrected chi connectivity index (χ2v) is 4.98. The molecule has 0 bridgehead atoms. The Morgan fingerprint density at radius 3 is 2.55 bits per heavy atom. The van der Waals surface area contributed by atoms with E-state index in [9.17, 15) is 4.39 Å². The molecule has 2 nitrogen and oxygen atoms in total. The fraction of sp³-hybridized carbons (Fsp3) is 0.188. The first-order valence-corrected chi connectivity index (χ1v) is 6.65. The molecule has 2 aromatic carbocycles. The zero-order chi connectivity index (χ0) is 14.5. The van der Waals surface area contributed by atoms with Crippen molar-refractivity contribution in [3.63, 3.8) is 0 Å². The van der Waals surface area contributed by atoms with Gasteiger partial charge in [-0.3, -0.25) is 0 Å². The Bertz CT molecular complexity index is 632. The second-order valence-electron chi connectivity index (χ2n) is 4.57. The van der Waals surface area contributed by atoms with E-state index in [4.69, 9.17) is 16.9 Å². The number of nitriles is 1. The lowest BCUT2D eigenvalue weighted by Gasteiger charge is -2.15. The van der Waals surface area contributed by atoms with E-state index in [0.717, 1.165) is 11.1 Å². The molecule has 0 fully saturated rings. The summed E-state index contributed by atoms with van der Waals surface area (Å²) < 4.78 is 12.9. The van der Waals surface area contributed by atoms with E-state index in [1.54, 1.807) is 24.3 Å². The first-order valence-electron chi connectivity index (χ1n) is 6.27. The van der Waals surface area contributed by atoms with Crippen LogP contribution in [-0.4, -0.2) is 0 Å². The van der Waals surface area contributed by atoms with Crippen LogP contribution in [0.15, 0.2) is 42.5 Å². The summed E-state index contributed by atoms with van der Waals surface area (Å²) in [5.41, 5.74) is 2.49. The van der Waals surface area contributed by atoms with Gasteiger partial charge in [-0.05, 0) is 42.3 Å². The summed E-state index contributed by atoms with van der Waals surface area (Å²) in [5.74, 6) is -0.240. The summed E-state index contributed by atoms with van der Waals surface area (Å²) in [6.07, 6.45) is 0. The molecule has 0 aliphatic carbocycles. The van der Waals surface area contributed by atoms with Crippen LogP contribution in [0.1, 0.15) is 29.7 Å². The van der Waals surface area contributed by atoms with Crippen molar-refractivity contribution in [1.29, 1.82) is 5.26 Å². The summed E-state index contributed by atoms with van der Waals surface area (Å²) in [6.45, 7) is 2.59. The van der Waals surface area contributed by atoms with Crippen molar-refractivity contribution in [3.8, 4) is 6.07 Å². The van der Waals surface area contributed by atoms with E-state index in [0.29, 0.717) is 17.1 Å². The highest BCUT2D eigenvalue weighted by molar-refractivity contribution is 6.31. The summed E-state index contributed by atoms with van der Waals surface area (Å²) in [6, 6.07) is 13.8. The fourth-order valence-corrected chi connectivity index (χ4v) is 2.14. The molecule has 0 aromatic heterocycles. The first kappa shape index (κ1) is 14.5. The minimum Gasteiger partial charge on any atom is -0.306 e. The zero-order valence-electron chi connectivity index (χ0n) is 11.0. The molecule has 0 aliphatic heterocycles. The maximum Gasteiger partial charge on any atom is 0.123 e. The van der Waals surface area contributed by atoms with Gasteiger partial charge in [-0.2, -0.15) is 5.26 Å². The van der Waals surface area contributed by atoms with Crippen molar-refractivity contribution in [2.24, 2.45) is 0 Å². The Labute approximate surface area is 122 Å². The van der Waals surface area contributed by atoms with Crippen molar-refractivity contribution in [2.45, 2.75) is 19.5 Å². The summed E-state index contributed by atoms with van der Waals surface area (Å²) in [4.78, 5) is 0. The average molecular weight is 289 g/mol. The fourth-order valence-electron chi connectivity index (χ4n) is 1.89. The van der Waals surface area contributed by atoms with E-state index in [-0.39, 0.29) is 11.9 Å². The monoisotopic (exact) mass is 288 g/mol. The summed E-state index contributed by atoms with van der Waals surface area (Å²) in [7, 11) is 0. The van der Waals surface area contributed by atoms with Gasteiger partial charge in [-0.1, -0.05) is 29.8 Å². The maximum absolute atomic E-state index is 12.9. The van der Waals surface area contributed by atoms with Gasteiger partial charge in [-0.25, -0.2) is 4.39 Å². The van der Waals surface area contributed by atoms with Crippen LogP contribution in [0.2, 0.25) is 5.02 Å². The van der Waals surface area contributed by atoms with Crippen LogP contribution in [0, 0.1) is 17.1 Å². The van der Waals surface area contributed by atoms with E-state index < -0.39 is 0 Å². The Morgan fingerprint density at radius 2 is 1.95 bits per heavy atom. The SMILES string of the molecule is CC(NCc1ccc(C#N)cc1Cl)c1ccc(F)cc1. The normalized spacial score (nSPS) is 11.9. The Hall–Kier alpha value is -1.89. The van der Waals surface area contributed by atoms with Gasteiger partial charge in [0.05, 0.1) is 11.6 Å². The summed E-state index contributed by atoms with van der Waals surface area (Å²) >= 11 is 6.12. The Balaban J connectivity index is 2.01. The number of benzene rings is 2. The predicted octanol–water partition coefficient (Wildman–Crippen LogP) is 4.20. The molecule has 0 radical (unpaired) electrons. The molecule has 2 aromatic rings. The molecule has 0 amide bonds. The van der Waals surface area contributed by atoms with Crippen LogP contribution in [0.4, 0.5) is 4.39 Å². The van der Waals surface area contributed by atoms with Gasteiger partial charge in [0.15, 0.2) is 0 Å². The largest absolute Gasteiger partial charge is 0.306 e. The van der Waals surface area contributed by atoms with Crippen LogP contribution < -0.4 is 5.32 Å². The molecule has 0 aliphatic rings. The minimum atomic E-state index is -0.240. The van der Waals surface area contributed by atoms with Gasteiger partial charge >= 0.3 is 0 Å². The number of rotatable bonds is 4. The molecular formula is C16H14ClFN2. The summed E-state index contributed by atoms with van der Waals surface area (Å²) in [5, 5.41) is 12.7. The second kappa shape index (κ2) is 6.51. The van der Waals surface area contributed by atoms with Crippen LogP contribution >= 0.6 is 11.6 Å². The zero-order valence-corrected chi connectivity index (χ0v) is 11.8. The van der Waals surface area contributed by atoms with E-state index in [1.165, 1.54) is 12.1 Å². The smallest absolute Gasteiger partial charge is 0.123 e. The van der Waals surface area contributed by atoms with Gasteiger partial charge < -0.3 is 5.32 Å². The van der Waals surface area contributed by atoms with Crippen molar-refractivity contribution < 1.29 is 4.39 Å². The van der Waals surface area contributed by atoms with E-state index >= 15 is 0 Å². The molecule has 0 heterocycles. The molecule has 0 saturated heterocycles. The topological polar surface area (TPSA) is 35.8 Å². The van der Waals surface area contributed by atoms with Gasteiger partial charge in [0, 0.05) is 17.6 Å². The third-order valence-corrected chi connectivity index (χ3v) is 3.50. The molecule has 2 rings (SSSR count). The Morgan fingerprint density at radius 1 is 1.25 bits per heavy atom. The minimum absolute atomic E-state index is 0.0855. The Kier molecular flexibility index (Phi) is 4.73. The van der Waals surface area contributed by atoms with E-state index in [2.05, 4.69) is 11.4 Å². The van der Waals surface area contributed by atoms with Gasteiger partial charge in [-0.15, -0.1) is 0 Å². The molecule has 0 spiro atoms. The molecule has 0 saturated carbocycles. The number of halogens is 2. The van der Waals surface area contributed by atoms with Crippen LogP contribution in [0.3, 0.4) is 0 Å². The highest BCUT2D eigenvalue weighted by atomic mass is 35.5. The highest BCUT2D eigenvalue weighted by Gasteiger charge is 2.07. The third kappa shape index (κ3) is 3.57. The lowest BCUT2D eigenvalue weighted by molar-refractivity contribution is 0.571. The van der Waals surface area contributed by atoms with Gasteiger partial charge in [0.25, 0.3) is 0 Å².